The Labute approximate surface area is 130 Å². The molecule has 0 spiro atoms. The molecule has 0 atom stereocenters. The number of furan rings is 1. The third-order valence-corrected chi connectivity index (χ3v) is 4.22. The van der Waals surface area contributed by atoms with Gasteiger partial charge >= 0.3 is 0 Å². The zero-order valence-corrected chi connectivity index (χ0v) is 12.2. The normalized spacial score (nSPS) is 16.2. The van der Waals surface area contributed by atoms with Crippen LogP contribution in [-0.4, -0.2) is 22.4 Å². The van der Waals surface area contributed by atoms with Crippen LogP contribution < -0.4 is 0 Å². The van der Waals surface area contributed by atoms with E-state index in [-0.39, 0.29) is 11.3 Å². The highest BCUT2D eigenvalue weighted by molar-refractivity contribution is 8.14. The largest absolute Gasteiger partial charge is 0.459 e. The minimum Gasteiger partial charge on any atom is -0.459 e. The SMILES string of the molecule is N#CN=C1SCCN1Cc1ccc(-c2c(F)cccc2F)o1. The molecule has 2 aromatic rings. The smallest absolute Gasteiger partial charge is 0.208 e. The van der Waals surface area contributed by atoms with Gasteiger partial charge in [0, 0.05) is 12.3 Å². The number of halogens is 2. The molecule has 0 aliphatic carbocycles. The molecule has 0 bridgehead atoms. The van der Waals surface area contributed by atoms with Gasteiger partial charge in [-0.25, -0.2) is 8.78 Å². The van der Waals surface area contributed by atoms with Gasteiger partial charge in [0.25, 0.3) is 0 Å². The maximum Gasteiger partial charge on any atom is 0.208 e. The van der Waals surface area contributed by atoms with Crippen LogP contribution in [0, 0.1) is 23.1 Å². The fourth-order valence-corrected chi connectivity index (χ4v) is 3.18. The lowest BCUT2D eigenvalue weighted by atomic mass is 10.1. The molecule has 3 rings (SSSR count). The predicted octanol–water partition coefficient (Wildman–Crippen LogP) is 3.61. The fourth-order valence-electron chi connectivity index (χ4n) is 2.25. The van der Waals surface area contributed by atoms with Crippen LogP contribution >= 0.6 is 11.8 Å². The van der Waals surface area contributed by atoms with Crippen molar-refractivity contribution < 1.29 is 13.2 Å². The standard InChI is InChI=1S/C15H11F2N3OS/c16-11-2-1-3-12(17)14(11)13-5-4-10(21-13)8-20-6-7-22-15(20)19-9-18/h1-5H,6-8H2. The van der Waals surface area contributed by atoms with E-state index >= 15 is 0 Å². The van der Waals surface area contributed by atoms with Crippen LogP contribution in [0.5, 0.6) is 0 Å². The third-order valence-electron chi connectivity index (χ3n) is 3.23. The molecular formula is C15H11F2N3OS. The predicted molar refractivity (Wildman–Crippen MR) is 80.0 cm³/mol. The van der Waals surface area contributed by atoms with E-state index in [1.165, 1.54) is 30.0 Å². The van der Waals surface area contributed by atoms with E-state index in [0.717, 1.165) is 12.3 Å². The van der Waals surface area contributed by atoms with Crippen molar-refractivity contribution in [3.05, 3.63) is 47.7 Å². The number of nitriles is 1. The minimum atomic E-state index is -0.663. The fraction of sp³-hybridized carbons (Fsp3) is 0.200. The Morgan fingerprint density at radius 2 is 2.05 bits per heavy atom. The van der Waals surface area contributed by atoms with Gasteiger partial charge in [-0.1, -0.05) is 17.8 Å². The summed E-state index contributed by atoms with van der Waals surface area (Å²) in [6.45, 7) is 1.15. The molecule has 1 fully saturated rings. The summed E-state index contributed by atoms with van der Waals surface area (Å²) in [4.78, 5) is 5.64. The van der Waals surface area contributed by atoms with Gasteiger partial charge in [0.15, 0.2) is 5.17 Å². The summed E-state index contributed by atoms with van der Waals surface area (Å²) in [6.07, 6.45) is 1.77. The molecule has 0 saturated carbocycles. The monoisotopic (exact) mass is 319 g/mol. The van der Waals surface area contributed by atoms with Crippen molar-refractivity contribution in [2.45, 2.75) is 6.54 Å². The zero-order chi connectivity index (χ0) is 15.5. The number of aliphatic imine (C=N–C) groups is 1. The highest BCUT2D eigenvalue weighted by Crippen LogP contribution is 2.29. The van der Waals surface area contributed by atoms with E-state index in [0.29, 0.717) is 17.5 Å². The van der Waals surface area contributed by atoms with Crippen LogP contribution in [0.1, 0.15) is 5.76 Å². The van der Waals surface area contributed by atoms with E-state index in [1.807, 2.05) is 4.90 Å². The van der Waals surface area contributed by atoms with Crippen LogP contribution in [0.2, 0.25) is 0 Å². The summed E-state index contributed by atoms with van der Waals surface area (Å²) in [5.41, 5.74) is -0.171. The van der Waals surface area contributed by atoms with Crippen LogP contribution in [0.25, 0.3) is 11.3 Å². The number of benzene rings is 1. The van der Waals surface area contributed by atoms with Crippen LogP contribution in [0.3, 0.4) is 0 Å². The summed E-state index contributed by atoms with van der Waals surface area (Å²) in [6, 6.07) is 6.91. The van der Waals surface area contributed by atoms with E-state index in [9.17, 15) is 8.78 Å². The number of nitrogens with zero attached hydrogens (tertiary/aromatic N) is 3. The molecule has 0 radical (unpaired) electrons. The lowest BCUT2D eigenvalue weighted by Gasteiger charge is -2.14. The van der Waals surface area contributed by atoms with Crippen molar-refractivity contribution >= 4 is 16.9 Å². The van der Waals surface area contributed by atoms with Crippen molar-refractivity contribution in [3.63, 3.8) is 0 Å². The summed E-state index contributed by atoms with van der Waals surface area (Å²) in [5, 5.41) is 9.28. The number of hydrogen-bond donors (Lipinski definition) is 0. The maximum atomic E-state index is 13.7. The minimum absolute atomic E-state index is 0.149. The van der Waals surface area contributed by atoms with Gasteiger partial charge in [-0.05, 0) is 24.3 Å². The van der Waals surface area contributed by atoms with E-state index in [1.54, 1.807) is 18.3 Å². The first-order valence-corrected chi connectivity index (χ1v) is 7.55. The van der Waals surface area contributed by atoms with Gasteiger partial charge in [0.05, 0.1) is 12.1 Å². The van der Waals surface area contributed by atoms with Gasteiger partial charge < -0.3 is 9.32 Å². The molecule has 1 saturated heterocycles. The first kappa shape index (κ1) is 14.6. The molecule has 0 amide bonds. The Hall–Kier alpha value is -2.33. The molecule has 4 nitrogen and oxygen atoms in total. The second-order valence-electron chi connectivity index (χ2n) is 4.63. The quantitative estimate of drug-likeness (QED) is 0.811. The Bertz CT molecular complexity index is 746. The molecular weight excluding hydrogens is 308 g/mol. The molecule has 1 aliphatic heterocycles. The number of amidine groups is 1. The van der Waals surface area contributed by atoms with E-state index in [2.05, 4.69) is 4.99 Å². The zero-order valence-electron chi connectivity index (χ0n) is 11.4. The molecule has 1 aromatic carbocycles. The molecule has 2 heterocycles. The topological polar surface area (TPSA) is 52.5 Å². The molecule has 22 heavy (non-hydrogen) atoms. The van der Waals surface area contributed by atoms with Gasteiger partial charge in [0.1, 0.15) is 23.2 Å². The van der Waals surface area contributed by atoms with Gasteiger partial charge in [-0.3, -0.25) is 0 Å². The molecule has 1 aliphatic rings. The highest BCUT2D eigenvalue weighted by atomic mass is 32.2. The van der Waals surface area contributed by atoms with Crippen molar-refractivity contribution in [2.24, 2.45) is 4.99 Å². The highest BCUT2D eigenvalue weighted by Gasteiger charge is 2.22. The van der Waals surface area contributed by atoms with Crippen LogP contribution in [0.15, 0.2) is 39.7 Å². The molecule has 0 N–H and O–H groups in total. The number of hydrogen-bond acceptors (Lipinski definition) is 4. The molecule has 112 valence electrons. The van der Waals surface area contributed by atoms with Crippen molar-refractivity contribution in [3.8, 4) is 17.5 Å². The maximum absolute atomic E-state index is 13.7. The Balaban J connectivity index is 1.83. The third kappa shape index (κ3) is 2.83. The van der Waals surface area contributed by atoms with E-state index in [4.69, 9.17) is 9.68 Å². The van der Waals surface area contributed by atoms with Crippen molar-refractivity contribution in [1.29, 1.82) is 5.26 Å². The second kappa shape index (κ2) is 6.20. The summed E-state index contributed by atoms with van der Waals surface area (Å²) in [7, 11) is 0. The Kier molecular flexibility index (Phi) is 4.11. The van der Waals surface area contributed by atoms with Gasteiger partial charge in [-0.15, -0.1) is 4.99 Å². The Morgan fingerprint density at radius 3 is 2.77 bits per heavy atom. The van der Waals surface area contributed by atoms with Crippen LogP contribution in [-0.2, 0) is 6.54 Å². The lowest BCUT2D eigenvalue weighted by molar-refractivity contribution is 0.391. The summed E-state index contributed by atoms with van der Waals surface area (Å²) >= 11 is 1.49. The van der Waals surface area contributed by atoms with Gasteiger partial charge in [-0.2, -0.15) is 5.26 Å². The summed E-state index contributed by atoms with van der Waals surface area (Å²) in [5.74, 6) is 0.228. The number of rotatable bonds is 3. The van der Waals surface area contributed by atoms with Crippen molar-refractivity contribution in [1.82, 2.24) is 4.90 Å². The molecule has 1 aromatic heterocycles. The van der Waals surface area contributed by atoms with Crippen LogP contribution in [0.4, 0.5) is 8.78 Å². The lowest BCUT2D eigenvalue weighted by Crippen LogP contribution is -2.23. The van der Waals surface area contributed by atoms with E-state index < -0.39 is 11.6 Å². The molecule has 0 unspecified atom stereocenters. The second-order valence-corrected chi connectivity index (χ2v) is 5.69. The molecule has 7 heteroatoms. The van der Waals surface area contributed by atoms with Gasteiger partial charge in [0.2, 0.25) is 6.19 Å². The first-order chi connectivity index (χ1) is 10.7. The average molecular weight is 319 g/mol. The van der Waals surface area contributed by atoms with Crippen molar-refractivity contribution in [2.75, 3.05) is 12.3 Å². The first-order valence-electron chi connectivity index (χ1n) is 6.56. The average Bonchev–Trinajstić information content (AvgIpc) is 3.10. The Morgan fingerprint density at radius 1 is 1.27 bits per heavy atom. The number of thioether (sulfide) groups is 1. The summed E-state index contributed by atoms with van der Waals surface area (Å²) < 4.78 is 33.0.